The first-order chi connectivity index (χ1) is 10.0. The average molecular weight is 303 g/mol. The minimum absolute atomic E-state index is 0.260. The van der Waals surface area contributed by atoms with Gasteiger partial charge in [-0.25, -0.2) is 8.42 Å². The van der Waals surface area contributed by atoms with E-state index in [0.717, 1.165) is 16.7 Å². The van der Waals surface area contributed by atoms with Crippen LogP contribution in [0.15, 0.2) is 53.4 Å². The van der Waals surface area contributed by atoms with E-state index in [0.29, 0.717) is 13.0 Å². The predicted molar refractivity (Wildman–Crippen MR) is 80.2 cm³/mol. The zero-order valence-corrected chi connectivity index (χ0v) is 12.6. The van der Waals surface area contributed by atoms with Crippen LogP contribution in [0.2, 0.25) is 0 Å². The van der Waals surface area contributed by atoms with Crippen LogP contribution >= 0.6 is 0 Å². The van der Waals surface area contributed by atoms with Gasteiger partial charge in [0.05, 0.1) is 11.5 Å². The second kappa shape index (κ2) is 5.60. The number of fused-ring (bicyclic) bond motifs is 1. The Labute approximate surface area is 124 Å². The van der Waals surface area contributed by atoms with E-state index in [1.54, 1.807) is 24.3 Å². The summed E-state index contributed by atoms with van der Waals surface area (Å²) in [5.41, 5.74) is 3.26. The summed E-state index contributed by atoms with van der Waals surface area (Å²) in [7, 11) is -3.55. The first kappa shape index (κ1) is 14.3. The van der Waals surface area contributed by atoms with Crippen LogP contribution in [0.25, 0.3) is 0 Å². The zero-order valence-electron chi connectivity index (χ0n) is 11.7. The molecule has 1 N–H and O–H groups in total. The van der Waals surface area contributed by atoms with Crippen molar-refractivity contribution in [2.24, 2.45) is 0 Å². The van der Waals surface area contributed by atoms with Crippen LogP contribution in [-0.4, -0.2) is 14.6 Å². The van der Waals surface area contributed by atoms with Crippen molar-refractivity contribution >= 4 is 10.0 Å². The van der Waals surface area contributed by atoms with Crippen molar-refractivity contribution in [3.05, 3.63) is 65.2 Å². The molecule has 0 fully saturated rings. The van der Waals surface area contributed by atoms with E-state index in [9.17, 15) is 8.42 Å². The Morgan fingerprint density at radius 3 is 2.43 bits per heavy atom. The maximum absolute atomic E-state index is 12.3. The van der Waals surface area contributed by atoms with Gasteiger partial charge in [0.25, 0.3) is 0 Å². The molecule has 1 heterocycles. The molecule has 4 nitrogen and oxygen atoms in total. The van der Waals surface area contributed by atoms with Gasteiger partial charge in [-0.05, 0) is 30.2 Å². The lowest BCUT2D eigenvalue weighted by atomic mass is 10.0. The molecule has 0 spiro atoms. The lowest BCUT2D eigenvalue weighted by molar-refractivity contribution is 0.0216. The minimum atomic E-state index is -3.55. The normalized spacial score (nSPS) is 18.2. The SMILES string of the molecule is Cc1ccc(S(=O)(=O)NC2Cc3ccccc3CO2)cc1. The molecule has 1 aliphatic heterocycles. The molecule has 0 saturated carbocycles. The largest absolute Gasteiger partial charge is 0.357 e. The number of nitrogens with one attached hydrogen (secondary N) is 1. The van der Waals surface area contributed by atoms with E-state index in [1.807, 2.05) is 31.2 Å². The minimum Gasteiger partial charge on any atom is -0.357 e. The fourth-order valence-electron chi connectivity index (χ4n) is 2.38. The van der Waals surface area contributed by atoms with Crippen LogP contribution in [0.3, 0.4) is 0 Å². The number of rotatable bonds is 3. The molecule has 1 atom stereocenters. The average Bonchev–Trinajstić information content (AvgIpc) is 2.47. The van der Waals surface area contributed by atoms with Gasteiger partial charge in [-0.1, -0.05) is 42.0 Å². The van der Waals surface area contributed by atoms with Gasteiger partial charge in [0.1, 0.15) is 6.23 Å². The van der Waals surface area contributed by atoms with Gasteiger partial charge in [-0.2, -0.15) is 4.72 Å². The number of sulfonamides is 1. The predicted octanol–water partition coefficient (Wildman–Crippen LogP) is 2.37. The van der Waals surface area contributed by atoms with Crippen molar-refractivity contribution in [1.82, 2.24) is 4.72 Å². The summed E-state index contributed by atoms with van der Waals surface area (Å²) in [4.78, 5) is 0.260. The Morgan fingerprint density at radius 1 is 1.05 bits per heavy atom. The third kappa shape index (κ3) is 3.15. The summed E-state index contributed by atoms with van der Waals surface area (Å²) in [6.45, 7) is 2.35. The third-order valence-corrected chi connectivity index (χ3v) is 5.05. The van der Waals surface area contributed by atoms with Gasteiger partial charge in [0.15, 0.2) is 0 Å². The molecular weight excluding hydrogens is 286 g/mol. The maximum atomic E-state index is 12.3. The molecule has 3 rings (SSSR count). The van der Waals surface area contributed by atoms with Gasteiger partial charge in [0, 0.05) is 6.42 Å². The highest BCUT2D eigenvalue weighted by Gasteiger charge is 2.24. The van der Waals surface area contributed by atoms with E-state index >= 15 is 0 Å². The van der Waals surface area contributed by atoms with Crippen molar-refractivity contribution in [2.75, 3.05) is 0 Å². The van der Waals surface area contributed by atoms with E-state index < -0.39 is 16.3 Å². The van der Waals surface area contributed by atoms with Gasteiger partial charge >= 0.3 is 0 Å². The molecule has 1 unspecified atom stereocenters. The van der Waals surface area contributed by atoms with Crippen LogP contribution in [0.5, 0.6) is 0 Å². The van der Waals surface area contributed by atoms with Crippen LogP contribution in [-0.2, 0) is 27.8 Å². The number of hydrogen-bond donors (Lipinski definition) is 1. The Hall–Kier alpha value is -1.69. The van der Waals surface area contributed by atoms with Gasteiger partial charge in [-0.3, -0.25) is 0 Å². The van der Waals surface area contributed by atoms with Crippen molar-refractivity contribution in [1.29, 1.82) is 0 Å². The molecule has 1 aliphatic rings. The number of aryl methyl sites for hydroxylation is 1. The van der Waals surface area contributed by atoms with Gasteiger partial charge in [-0.15, -0.1) is 0 Å². The highest BCUT2D eigenvalue weighted by molar-refractivity contribution is 7.89. The smallest absolute Gasteiger partial charge is 0.242 e. The van der Waals surface area contributed by atoms with Crippen molar-refractivity contribution < 1.29 is 13.2 Å². The quantitative estimate of drug-likeness (QED) is 0.947. The number of hydrogen-bond acceptors (Lipinski definition) is 3. The van der Waals surface area contributed by atoms with Gasteiger partial charge in [0.2, 0.25) is 10.0 Å². The molecule has 0 aromatic heterocycles. The molecule has 0 bridgehead atoms. The second-order valence-corrected chi connectivity index (χ2v) is 6.92. The molecule has 0 amide bonds. The Kier molecular flexibility index (Phi) is 3.80. The van der Waals surface area contributed by atoms with Crippen molar-refractivity contribution in [2.45, 2.75) is 31.1 Å². The summed E-state index contributed by atoms with van der Waals surface area (Å²) in [5.74, 6) is 0. The Balaban J connectivity index is 1.77. The van der Waals surface area contributed by atoms with Crippen LogP contribution in [0.4, 0.5) is 0 Å². The van der Waals surface area contributed by atoms with Crippen LogP contribution in [0, 0.1) is 6.92 Å². The molecule has 110 valence electrons. The van der Waals surface area contributed by atoms with Crippen molar-refractivity contribution in [3.63, 3.8) is 0 Å². The Bertz CT molecular complexity index is 738. The fraction of sp³-hybridized carbons (Fsp3) is 0.250. The first-order valence-electron chi connectivity index (χ1n) is 6.82. The first-order valence-corrected chi connectivity index (χ1v) is 8.30. The molecule has 0 radical (unpaired) electrons. The standard InChI is InChI=1S/C16H17NO3S/c1-12-6-8-15(9-7-12)21(18,19)17-16-10-13-4-2-3-5-14(13)11-20-16/h2-9,16-17H,10-11H2,1H3. The second-order valence-electron chi connectivity index (χ2n) is 5.21. The molecule has 5 heteroatoms. The molecular formula is C16H17NO3S. The Morgan fingerprint density at radius 2 is 1.71 bits per heavy atom. The summed E-state index contributed by atoms with van der Waals surface area (Å²) in [6.07, 6.45) is 0.0209. The van der Waals surface area contributed by atoms with Gasteiger partial charge < -0.3 is 4.74 Å². The highest BCUT2D eigenvalue weighted by Crippen LogP contribution is 2.20. The highest BCUT2D eigenvalue weighted by atomic mass is 32.2. The molecule has 2 aromatic rings. The zero-order chi connectivity index (χ0) is 14.9. The van der Waals surface area contributed by atoms with Crippen LogP contribution < -0.4 is 4.72 Å². The molecule has 0 saturated heterocycles. The van der Waals surface area contributed by atoms with Crippen molar-refractivity contribution in [3.8, 4) is 0 Å². The van der Waals surface area contributed by atoms with Crippen LogP contribution in [0.1, 0.15) is 16.7 Å². The molecule has 21 heavy (non-hydrogen) atoms. The van der Waals surface area contributed by atoms with E-state index in [4.69, 9.17) is 4.74 Å². The van der Waals surface area contributed by atoms with E-state index in [-0.39, 0.29) is 4.90 Å². The monoisotopic (exact) mass is 303 g/mol. The maximum Gasteiger partial charge on any atom is 0.242 e. The number of ether oxygens (including phenoxy) is 1. The summed E-state index contributed by atoms with van der Waals surface area (Å²) in [5, 5.41) is 0. The van der Waals surface area contributed by atoms with E-state index in [2.05, 4.69) is 4.72 Å². The topological polar surface area (TPSA) is 55.4 Å². The lowest BCUT2D eigenvalue weighted by Crippen LogP contribution is -2.40. The molecule has 2 aromatic carbocycles. The third-order valence-electron chi connectivity index (χ3n) is 3.58. The number of benzene rings is 2. The fourth-order valence-corrected chi connectivity index (χ4v) is 3.51. The lowest BCUT2D eigenvalue weighted by Gasteiger charge is -2.25. The summed E-state index contributed by atoms with van der Waals surface area (Å²) >= 11 is 0. The van der Waals surface area contributed by atoms with E-state index in [1.165, 1.54) is 0 Å². The summed E-state index contributed by atoms with van der Waals surface area (Å²) < 4.78 is 32.9. The molecule has 0 aliphatic carbocycles. The summed E-state index contributed by atoms with van der Waals surface area (Å²) in [6, 6.07) is 14.7.